The summed E-state index contributed by atoms with van der Waals surface area (Å²) in [5, 5.41) is 0. The summed E-state index contributed by atoms with van der Waals surface area (Å²) in [6.07, 6.45) is 1.48. The third kappa shape index (κ3) is 4.04. The van der Waals surface area contributed by atoms with Gasteiger partial charge in [0.15, 0.2) is 11.5 Å². The van der Waals surface area contributed by atoms with Gasteiger partial charge in [-0.3, -0.25) is 14.4 Å². The summed E-state index contributed by atoms with van der Waals surface area (Å²) in [4.78, 5) is 47.0. The predicted molar refractivity (Wildman–Crippen MR) is 137 cm³/mol. The standard InChI is InChI=1S/C29H25N3O5/c1-2-36-21-10-8-20(9-11-21)32-28(34)22-12-7-19(17-23(22)29(32)35)27(33)31-15-13-18(14-16-31)26-30-24-5-3-4-6-25(24)37-26/h3-12,17-18H,2,13-16H2,1H3. The van der Waals surface area contributed by atoms with E-state index in [2.05, 4.69) is 4.98 Å². The van der Waals surface area contributed by atoms with Gasteiger partial charge in [0.1, 0.15) is 11.3 Å². The van der Waals surface area contributed by atoms with E-state index in [0.717, 1.165) is 28.8 Å². The molecule has 0 bridgehead atoms. The van der Waals surface area contributed by atoms with Crippen LogP contribution in [0.25, 0.3) is 11.1 Å². The SMILES string of the molecule is CCOc1ccc(N2C(=O)c3ccc(C(=O)N4CCC(c5nc6ccccc6o5)CC4)cc3C2=O)cc1. The first-order valence-corrected chi connectivity index (χ1v) is 12.4. The van der Waals surface area contributed by atoms with E-state index in [9.17, 15) is 14.4 Å². The van der Waals surface area contributed by atoms with Gasteiger partial charge < -0.3 is 14.1 Å². The lowest BCUT2D eigenvalue weighted by atomic mass is 9.96. The Morgan fingerprint density at radius 1 is 0.973 bits per heavy atom. The number of oxazole rings is 1. The van der Waals surface area contributed by atoms with Gasteiger partial charge >= 0.3 is 0 Å². The van der Waals surface area contributed by atoms with E-state index in [1.54, 1.807) is 47.4 Å². The van der Waals surface area contributed by atoms with Gasteiger partial charge in [0, 0.05) is 24.6 Å². The highest BCUT2D eigenvalue weighted by Crippen LogP contribution is 2.33. The van der Waals surface area contributed by atoms with Crippen molar-refractivity contribution in [3.05, 3.63) is 89.3 Å². The number of nitrogens with zero attached hydrogens (tertiary/aromatic N) is 3. The van der Waals surface area contributed by atoms with Crippen LogP contribution in [-0.4, -0.2) is 47.3 Å². The Balaban J connectivity index is 1.16. The van der Waals surface area contributed by atoms with Crippen LogP contribution in [0.1, 0.15) is 62.6 Å². The van der Waals surface area contributed by atoms with Crippen LogP contribution in [0.2, 0.25) is 0 Å². The van der Waals surface area contributed by atoms with Crippen molar-refractivity contribution >= 4 is 34.5 Å². The van der Waals surface area contributed by atoms with E-state index in [1.165, 1.54) is 0 Å². The van der Waals surface area contributed by atoms with Crippen LogP contribution in [0.3, 0.4) is 0 Å². The van der Waals surface area contributed by atoms with Crippen molar-refractivity contribution in [3.8, 4) is 5.75 Å². The Hall–Kier alpha value is -4.46. The fourth-order valence-corrected chi connectivity index (χ4v) is 5.04. The summed E-state index contributed by atoms with van der Waals surface area (Å²) in [6, 6.07) is 19.2. The average molecular weight is 496 g/mol. The fourth-order valence-electron chi connectivity index (χ4n) is 5.04. The molecule has 2 aliphatic heterocycles. The Bertz CT molecular complexity index is 1480. The summed E-state index contributed by atoms with van der Waals surface area (Å²) in [5.41, 5.74) is 3.01. The minimum atomic E-state index is -0.437. The van der Waals surface area contributed by atoms with Gasteiger partial charge in [-0.15, -0.1) is 0 Å². The number of fused-ring (bicyclic) bond motifs is 2. The molecular weight excluding hydrogens is 470 g/mol. The monoisotopic (exact) mass is 495 g/mol. The molecule has 2 aliphatic rings. The van der Waals surface area contributed by atoms with Crippen molar-refractivity contribution in [1.82, 2.24) is 9.88 Å². The Labute approximate surface area is 213 Å². The minimum Gasteiger partial charge on any atom is -0.494 e. The van der Waals surface area contributed by atoms with E-state index < -0.39 is 11.8 Å². The van der Waals surface area contributed by atoms with Crippen molar-refractivity contribution in [2.24, 2.45) is 0 Å². The number of carbonyl (C=O) groups is 3. The molecule has 0 saturated carbocycles. The van der Waals surface area contributed by atoms with Crippen molar-refractivity contribution < 1.29 is 23.5 Å². The molecule has 0 aliphatic carbocycles. The van der Waals surface area contributed by atoms with Crippen molar-refractivity contribution in [3.63, 3.8) is 0 Å². The molecule has 4 aromatic rings. The highest BCUT2D eigenvalue weighted by Gasteiger charge is 2.37. The van der Waals surface area contributed by atoms with Gasteiger partial charge in [-0.05, 0) is 74.4 Å². The van der Waals surface area contributed by atoms with Crippen molar-refractivity contribution in [2.75, 3.05) is 24.6 Å². The molecule has 1 fully saturated rings. The van der Waals surface area contributed by atoms with Crippen LogP contribution < -0.4 is 9.64 Å². The van der Waals surface area contributed by atoms with E-state index in [1.807, 2.05) is 31.2 Å². The fraction of sp³-hybridized carbons (Fsp3) is 0.241. The van der Waals surface area contributed by atoms with Crippen LogP contribution in [0.4, 0.5) is 5.69 Å². The summed E-state index contributed by atoms with van der Waals surface area (Å²) in [6.45, 7) is 3.53. The van der Waals surface area contributed by atoms with Crippen LogP contribution in [-0.2, 0) is 0 Å². The predicted octanol–water partition coefficient (Wildman–Crippen LogP) is 5.05. The molecule has 1 aromatic heterocycles. The highest BCUT2D eigenvalue weighted by atomic mass is 16.5. The first-order valence-electron chi connectivity index (χ1n) is 12.4. The number of likely N-dealkylation sites (tertiary alicyclic amines) is 1. The summed E-state index contributed by atoms with van der Waals surface area (Å²) >= 11 is 0. The van der Waals surface area contributed by atoms with Crippen LogP contribution in [0.5, 0.6) is 5.75 Å². The molecule has 37 heavy (non-hydrogen) atoms. The summed E-state index contributed by atoms with van der Waals surface area (Å²) < 4.78 is 11.4. The largest absolute Gasteiger partial charge is 0.494 e. The quantitative estimate of drug-likeness (QED) is 0.360. The second-order valence-electron chi connectivity index (χ2n) is 9.22. The molecule has 0 spiro atoms. The zero-order chi connectivity index (χ0) is 25.5. The zero-order valence-corrected chi connectivity index (χ0v) is 20.3. The Kier molecular flexibility index (Phi) is 5.71. The highest BCUT2D eigenvalue weighted by molar-refractivity contribution is 6.34. The second kappa shape index (κ2) is 9.20. The maximum Gasteiger partial charge on any atom is 0.266 e. The molecule has 8 nitrogen and oxygen atoms in total. The van der Waals surface area contributed by atoms with E-state index in [4.69, 9.17) is 9.15 Å². The number of hydrogen-bond acceptors (Lipinski definition) is 6. The number of para-hydroxylation sites is 2. The molecule has 0 unspecified atom stereocenters. The van der Waals surface area contributed by atoms with E-state index in [0.29, 0.717) is 48.2 Å². The van der Waals surface area contributed by atoms with Crippen LogP contribution in [0.15, 0.2) is 71.1 Å². The van der Waals surface area contributed by atoms with Gasteiger partial charge in [0.05, 0.1) is 23.4 Å². The lowest BCUT2D eigenvalue weighted by Gasteiger charge is -2.30. The molecule has 3 amide bonds. The molecule has 1 saturated heterocycles. The zero-order valence-electron chi connectivity index (χ0n) is 20.3. The molecule has 0 radical (unpaired) electrons. The average Bonchev–Trinajstić information content (AvgIpc) is 3.48. The molecule has 186 valence electrons. The number of anilines is 1. The number of amides is 3. The number of piperidine rings is 1. The molecular formula is C29H25N3O5. The molecule has 6 rings (SSSR count). The van der Waals surface area contributed by atoms with Crippen molar-refractivity contribution in [1.29, 1.82) is 0 Å². The third-order valence-electron chi connectivity index (χ3n) is 6.98. The minimum absolute atomic E-state index is 0.151. The topological polar surface area (TPSA) is 92.9 Å². The normalized spacial score (nSPS) is 15.9. The first kappa shape index (κ1) is 23.0. The first-order chi connectivity index (χ1) is 18.0. The van der Waals surface area contributed by atoms with Gasteiger partial charge in [0.25, 0.3) is 17.7 Å². The third-order valence-corrected chi connectivity index (χ3v) is 6.98. The second-order valence-corrected chi connectivity index (χ2v) is 9.22. The number of ether oxygens (including phenoxy) is 1. The van der Waals surface area contributed by atoms with Gasteiger partial charge in [-0.25, -0.2) is 9.88 Å². The maximum atomic E-state index is 13.3. The lowest BCUT2D eigenvalue weighted by Crippen LogP contribution is -2.38. The smallest absolute Gasteiger partial charge is 0.266 e. The summed E-state index contributed by atoms with van der Waals surface area (Å²) in [5.74, 6) is 0.535. The molecule has 3 heterocycles. The van der Waals surface area contributed by atoms with Crippen LogP contribution >= 0.6 is 0 Å². The number of rotatable bonds is 5. The molecule has 0 N–H and O–H groups in total. The van der Waals surface area contributed by atoms with Gasteiger partial charge in [0.2, 0.25) is 0 Å². The van der Waals surface area contributed by atoms with Crippen LogP contribution in [0, 0.1) is 0 Å². The van der Waals surface area contributed by atoms with Gasteiger partial charge in [-0.2, -0.15) is 0 Å². The Morgan fingerprint density at radius 3 is 2.43 bits per heavy atom. The van der Waals surface area contributed by atoms with E-state index >= 15 is 0 Å². The van der Waals surface area contributed by atoms with Crippen molar-refractivity contribution in [2.45, 2.75) is 25.7 Å². The summed E-state index contributed by atoms with van der Waals surface area (Å²) in [7, 11) is 0. The number of imide groups is 1. The number of carbonyl (C=O) groups excluding carboxylic acids is 3. The van der Waals surface area contributed by atoms with E-state index in [-0.39, 0.29) is 17.4 Å². The van der Waals surface area contributed by atoms with Gasteiger partial charge in [-0.1, -0.05) is 12.1 Å². The molecule has 0 atom stereocenters. The molecule has 8 heteroatoms. The lowest BCUT2D eigenvalue weighted by molar-refractivity contribution is 0.0706. The number of aromatic nitrogens is 1. The Morgan fingerprint density at radius 2 is 1.70 bits per heavy atom. The molecule has 3 aromatic carbocycles. The maximum absolute atomic E-state index is 13.3. The number of benzene rings is 3. The number of hydrogen-bond donors (Lipinski definition) is 0.